The number of benzene rings is 10. The number of nitrogens with zero attached hydrogens (tertiary/aromatic N) is 1. The van der Waals surface area contributed by atoms with Crippen LogP contribution in [0.25, 0.3) is 97.4 Å². The second-order valence-corrected chi connectivity index (χ2v) is 16.8. The normalized spacial score (nSPS) is 11.9. The van der Waals surface area contributed by atoms with E-state index in [-0.39, 0.29) is 0 Å². The summed E-state index contributed by atoms with van der Waals surface area (Å²) in [5, 5.41) is 6.85. The monoisotopic (exact) mass is 796 g/mol. The van der Waals surface area contributed by atoms with Gasteiger partial charge in [-0.3, -0.25) is 4.99 Å². The van der Waals surface area contributed by atoms with Gasteiger partial charge in [0.1, 0.15) is 0 Å². The van der Waals surface area contributed by atoms with Crippen LogP contribution in [0.2, 0.25) is 0 Å². The average molecular weight is 797 g/mol. The van der Waals surface area contributed by atoms with Crippen molar-refractivity contribution in [2.24, 2.45) is 4.99 Å². The lowest BCUT2D eigenvalue weighted by Gasteiger charge is -2.15. The number of thiophene rings is 1. The molecule has 0 saturated heterocycles. The molecule has 61 heavy (non-hydrogen) atoms. The van der Waals surface area contributed by atoms with E-state index in [1.807, 2.05) is 17.4 Å². The number of anilines is 1. The van der Waals surface area contributed by atoms with Crippen molar-refractivity contribution in [2.45, 2.75) is 6.92 Å². The summed E-state index contributed by atoms with van der Waals surface area (Å²) < 4.78 is 2.51. The minimum atomic E-state index is 0.698. The molecule has 0 bridgehead atoms. The van der Waals surface area contributed by atoms with Crippen LogP contribution in [0.4, 0.5) is 11.4 Å². The van der Waals surface area contributed by atoms with Crippen molar-refractivity contribution in [3.05, 3.63) is 218 Å². The molecule has 1 aromatic heterocycles. The predicted octanol–water partition coefficient (Wildman–Crippen LogP) is 16.4. The highest BCUT2D eigenvalue weighted by molar-refractivity contribution is 7.26. The van der Waals surface area contributed by atoms with Crippen LogP contribution in [0.3, 0.4) is 0 Å². The number of hydrogen-bond acceptors (Lipinski definition) is 3. The quantitative estimate of drug-likeness (QED) is 0.0974. The van der Waals surface area contributed by atoms with E-state index in [1.54, 1.807) is 0 Å². The fourth-order valence-electron chi connectivity index (χ4n) is 8.97. The molecule has 2 nitrogen and oxygen atoms in total. The van der Waals surface area contributed by atoms with Crippen molar-refractivity contribution in [2.75, 3.05) is 5.73 Å². The molecule has 0 atom stereocenters. The number of rotatable bonds is 7. The SMILES string of the molecule is CC(=Nc1c(N)c2ccccc2c2ccccc12)c1ccccc1-c1cc(-c2cccc(-c3ccccc3)c2)cc2c1sc1ccc(-c3cccc(-c4ccccc4)c3)cc12. The van der Waals surface area contributed by atoms with Gasteiger partial charge in [0.15, 0.2) is 0 Å². The Kier molecular flexibility index (Phi) is 9.10. The van der Waals surface area contributed by atoms with Crippen LogP contribution < -0.4 is 5.73 Å². The lowest BCUT2D eigenvalue weighted by molar-refractivity contribution is 1.50. The second-order valence-electron chi connectivity index (χ2n) is 15.7. The molecule has 0 amide bonds. The van der Waals surface area contributed by atoms with Gasteiger partial charge >= 0.3 is 0 Å². The predicted molar refractivity (Wildman–Crippen MR) is 264 cm³/mol. The largest absolute Gasteiger partial charge is 0.396 e. The van der Waals surface area contributed by atoms with Gasteiger partial charge in [-0.25, -0.2) is 0 Å². The molecule has 0 aliphatic rings. The van der Waals surface area contributed by atoms with Gasteiger partial charge in [0.2, 0.25) is 0 Å². The first-order valence-electron chi connectivity index (χ1n) is 20.7. The molecule has 0 aliphatic carbocycles. The summed E-state index contributed by atoms with van der Waals surface area (Å²) in [5.74, 6) is 0. The Hall–Kier alpha value is -7.59. The molecule has 1 heterocycles. The zero-order chi connectivity index (χ0) is 40.9. The highest BCUT2D eigenvalue weighted by Crippen LogP contribution is 2.46. The highest BCUT2D eigenvalue weighted by atomic mass is 32.1. The third kappa shape index (κ3) is 6.57. The minimum Gasteiger partial charge on any atom is -0.396 e. The molecule has 0 spiro atoms. The summed E-state index contributed by atoms with van der Waals surface area (Å²) in [5.41, 5.74) is 22.4. The third-order valence-corrected chi connectivity index (χ3v) is 13.2. The highest BCUT2D eigenvalue weighted by Gasteiger charge is 2.19. The maximum absolute atomic E-state index is 7.00. The van der Waals surface area contributed by atoms with Crippen LogP contribution in [0.5, 0.6) is 0 Å². The van der Waals surface area contributed by atoms with Crippen molar-refractivity contribution in [1.29, 1.82) is 0 Å². The van der Waals surface area contributed by atoms with E-state index in [4.69, 9.17) is 10.7 Å². The van der Waals surface area contributed by atoms with Crippen LogP contribution in [0, 0.1) is 0 Å². The summed E-state index contributed by atoms with van der Waals surface area (Å²) in [7, 11) is 0. The Balaban J connectivity index is 1.12. The van der Waals surface area contributed by atoms with E-state index >= 15 is 0 Å². The molecule has 0 saturated carbocycles. The molecule has 3 heteroatoms. The number of nitrogens with two attached hydrogens (primary N) is 1. The van der Waals surface area contributed by atoms with Crippen molar-refractivity contribution in [3.8, 4) is 55.6 Å². The second kappa shape index (κ2) is 15.2. The maximum atomic E-state index is 7.00. The van der Waals surface area contributed by atoms with Gasteiger partial charge in [0.05, 0.1) is 11.4 Å². The summed E-state index contributed by atoms with van der Waals surface area (Å²) >= 11 is 1.86. The molecular weight excluding hydrogens is 757 g/mol. The van der Waals surface area contributed by atoms with Gasteiger partial charge < -0.3 is 5.73 Å². The number of nitrogen functional groups attached to an aromatic ring is 1. The van der Waals surface area contributed by atoms with Gasteiger partial charge in [0, 0.05) is 47.8 Å². The number of aliphatic imine (C=N–C) groups is 1. The van der Waals surface area contributed by atoms with Gasteiger partial charge in [-0.15, -0.1) is 11.3 Å². The number of hydrogen-bond donors (Lipinski definition) is 1. The Morgan fingerprint density at radius 2 is 0.869 bits per heavy atom. The summed E-state index contributed by atoms with van der Waals surface area (Å²) in [6.45, 7) is 2.12. The summed E-state index contributed by atoms with van der Waals surface area (Å²) in [6.07, 6.45) is 0. The zero-order valence-electron chi connectivity index (χ0n) is 33.6. The molecule has 10 aromatic carbocycles. The van der Waals surface area contributed by atoms with Gasteiger partial charge in [-0.1, -0.05) is 176 Å². The lowest BCUT2D eigenvalue weighted by atomic mass is 9.91. The van der Waals surface area contributed by atoms with Crippen molar-refractivity contribution in [3.63, 3.8) is 0 Å². The van der Waals surface area contributed by atoms with Crippen molar-refractivity contribution >= 4 is 70.1 Å². The number of fused-ring (bicyclic) bond motifs is 6. The first kappa shape index (κ1) is 36.5. The standard InChI is InChI=1S/C58H40N2S/c1-37(60-57-51-29-13-11-27-49(51)48-26-10-12-28-50(48)56(57)59)46-24-8-9-25-47(46)53-35-45(43-23-15-21-41(33-43)39-18-6-3-7-19-39)36-54-52-34-44(30-31-55(52)61-58(53)54)42-22-14-20-40(32-42)38-16-4-2-5-17-38/h2-36H,59H2,1H3. The fraction of sp³-hybridized carbons (Fsp3) is 0.0172. The van der Waals surface area contributed by atoms with E-state index in [1.165, 1.54) is 70.2 Å². The van der Waals surface area contributed by atoms with E-state index < -0.39 is 0 Å². The first-order valence-corrected chi connectivity index (χ1v) is 21.5. The Morgan fingerprint density at radius 3 is 1.54 bits per heavy atom. The Labute approximate surface area is 359 Å². The Bertz CT molecular complexity index is 3490. The fourth-order valence-corrected chi connectivity index (χ4v) is 10.2. The lowest BCUT2D eigenvalue weighted by Crippen LogP contribution is -1.99. The molecule has 288 valence electrons. The molecule has 0 unspecified atom stereocenters. The van der Waals surface area contributed by atoms with E-state index in [0.717, 1.165) is 44.1 Å². The van der Waals surface area contributed by atoms with Gasteiger partial charge in [-0.2, -0.15) is 0 Å². The molecule has 11 aromatic rings. The van der Waals surface area contributed by atoms with Crippen LogP contribution in [-0.4, -0.2) is 5.71 Å². The molecular formula is C58H40N2S. The average Bonchev–Trinajstić information content (AvgIpc) is 3.71. The van der Waals surface area contributed by atoms with Crippen LogP contribution in [0.1, 0.15) is 12.5 Å². The molecule has 2 N–H and O–H groups in total. The van der Waals surface area contributed by atoms with Crippen molar-refractivity contribution in [1.82, 2.24) is 0 Å². The molecule has 0 aliphatic heterocycles. The summed E-state index contributed by atoms with van der Waals surface area (Å²) in [4.78, 5) is 5.41. The topological polar surface area (TPSA) is 38.4 Å². The van der Waals surface area contributed by atoms with Gasteiger partial charge in [-0.05, 0) is 104 Å². The van der Waals surface area contributed by atoms with E-state index in [2.05, 4.69) is 213 Å². The van der Waals surface area contributed by atoms with E-state index in [0.29, 0.717) is 5.69 Å². The van der Waals surface area contributed by atoms with Gasteiger partial charge in [0.25, 0.3) is 0 Å². The zero-order valence-corrected chi connectivity index (χ0v) is 34.5. The van der Waals surface area contributed by atoms with Crippen LogP contribution in [-0.2, 0) is 0 Å². The molecule has 0 fully saturated rings. The first-order chi connectivity index (χ1) is 30.1. The third-order valence-electron chi connectivity index (χ3n) is 12.0. The van der Waals surface area contributed by atoms with Crippen LogP contribution in [0.15, 0.2) is 217 Å². The summed E-state index contributed by atoms with van der Waals surface area (Å²) in [6, 6.07) is 76.4. The van der Waals surface area contributed by atoms with E-state index in [9.17, 15) is 0 Å². The maximum Gasteiger partial charge on any atom is 0.0947 e. The molecule has 11 rings (SSSR count). The Morgan fingerprint density at radius 1 is 0.377 bits per heavy atom. The smallest absolute Gasteiger partial charge is 0.0947 e. The molecule has 0 radical (unpaired) electrons. The van der Waals surface area contributed by atoms with Crippen molar-refractivity contribution < 1.29 is 0 Å². The van der Waals surface area contributed by atoms with Crippen LogP contribution >= 0.6 is 11.3 Å². The minimum absolute atomic E-state index is 0.698.